The van der Waals surface area contributed by atoms with Crippen LogP contribution in [0, 0.1) is 5.92 Å². The molecule has 2 aromatic carbocycles. The summed E-state index contributed by atoms with van der Waals surface area (Å²) in [6.45, 7) is 10.3. The molecule has 0 radical (unpaired) electrons. The van der Waals surface area contributed by atoms with E-state index in [1.54, 1.807) is 6.92 Å². The Morgan fingerprint density at radius 2 is 1.59 bits per heavy atom. The Labute approximate surface area is 233 Å². The molecule has 0 bridgehead atoms. The van der Waals surface area contributed by atoms with Crippen LogP contribution in [0.2, 0.25) is 0 Å². The molecule has 6 heteroatoms. The van der Waals surface area contributed by atoms with Crippen LogP contribution in [0.15, 0.2) is 48.7 Å². The topological polar surface area (TPSA) is 100 Å². The van der Waals surface area contributed by atoms with Crippen molar-refractivity contribution in [1.82, 2.24) is 10.3 Å². The summed E-state index contributed by atoms with van der Waals surface area (Å²) in [4.78, 5) is 30.3. The molecule has 0 spiro atoms. The van der Waals surface area contributed by atoms with E-state index in [0.717, 1.165) is 46.1 Å². The number of benzene rings is 2. The van der Waals surface area contributed by atoms with Crippen LogP contribution >= 0.6 is 0 Å². The maximum atomic E-state index is 13.7. The van der Waals surface area contributed by atoms with Gasteiger partial charge in [0.2, 0.25) is 5.91 Å². The number of carbonyl (C=O) groups is 2. The van der Waals surface area contributed by atoms with Crippen molar-refractivity contribution in [2.75, 3.05) is 5.32 Å². The number of primary amides is 1. The predicted molar refractivity (Wildman–Crippen MR) is 161 cm³/mol. The molecule has 2 unspecified atom stereocenters. The van der Waals surface area contributed by atoms with Gasteiger partial charge in [-0.25, -0.2) is 4.79 Å². The third-order valence-electron chi connectivity index (χ3n) is 8.78. The molecule has 1 fully saturated rings. The minimum Gasteiger partial charge on any atom is -0.368 e. The number of amides is 3. The van der Waals surface area contributed by atoms with Crippen LogP contribution < -0.4 is 16.4 Å². The van der Waals surface area contributed by atoms with E-state index in [9.17, 15) is 9.59 Å². The summed E-state index contributed by atoms with van der Waals surface area (Å²) in [6.07, 6.45) is 10.1. The highest BCUT2D eigenvalue weighted by Crippen LogP contribution is 2.40. The number of aromatic amines is 1. The van der Waals surface area contributed by atoms with Crippen molar-refractivity contribution in [2.24, 2.45) is 11.7 Å². The SMILES string of the molecule is CC(C)c1cccc(C(C)C)c1NC(=O)NC(C)(C(N)=O)C(CCC1CCCCC1)c1c[nH]c2ccccc12. The van der Waals surface area contributed by atoms with Crippen LogP contribution in [0.4, 0.5) is 10.5 Å². The zero-order valence-electron chi connectivity index (χ0n) is 24.3. The Balaban J connectivity index is 1.68. The lowest BCUT2D eigenvalue weighted by atomic mass is 9.74. The summed E-state index contributed by atoms with van der Waals surface area (Å²) in [5.41, 5.74) is 9.85. The minimum atomic E-state index is -1.28. The summed E-state index contributed by atoms with van der Waals surface area (Å²) >= 11 is 0. The van der Waals surface area contributed by atoms with Crippen molar-refractivity contribution >= 4 is 28.5 Å². The van der Waals surface area contributed by atoms with Gasteiger partial charge >= 0.3 is 6.03 Å². The number of nitrogens with two attached hydrogens (primary N) is 1. The molecule has 1 saturated carbocycles. The third kappa shape index (κ3) is 6.32. The highest BCUT2D eigenvalue weighted by Gasteiger charge is 2.43. The summed E-state index contributed by atoms with van der Waals surface area (Å²) in [5.74, 6) is 0.303. The van der Waals surface area contributed by atoms with Crippen LogP contribution in [0.1, 0.15) is 114 Å². The van der Waals surface area contributed by atoms with E-state index in [-0.39, 0.29) is 17.8 Å². The first-order chi connectivity index (χ1) is 18.6. The molecule has 4 rings (SSSR count). The average molecular weight is 531 g/mol. The summed E-state index contributed by atoms with van der Waals surface area (Å²) in [7, 11) is 0. The number of hydrogen-bond donors (Lipinski definition) is 4. The lowest BCUT2D eigenvalue weighted by molar-refractivity contribution is -0.124. The maximum absolute atomic E-state index is 13.7. The van der Waals surface area contributed by atoms with Gasteiger partial charge in [0.05, 0.1) is 0 Å². The van der Waals surface area contributed by atoms with Gasteiger partial charge in [-0.1, -0.05) is 96.2 Å². The Hall–Kier alpha value is -3.28. The second-order valence-electron chi connectivity index (χ2n) is 12.2. The summed E-state index contributed by atoms with van der Waals surface area (Å²) in [5, 5.41) is 7.27. The molecule has 6 nitrogen and oxygen atoms in total. The normalized spacial score (nSPS) is 16.8. The molecule has 2 atom stereocenters. The first kappa shape index (κ1) is 28.7. The number of nitrogens with one attached hydrogen (secondary N) is 3. The zero-order valence-corrected chi connectivity index (χ0v) is 24.3. The number of rotatable bonds is 10. The fourth-order valence-corrected chi connectivity index (χ4v) is 6.41. The van der Waals surface area contributed by atoms with E-state index in [0.29, 0.717) is 5.92 Å². The number of anilines is 1. The lowest BCUT2D eigenvalue weighted by Crippen LogP contribution is -2.60. The lowest BCUT2D eigenvalue weighted by Gasteiger charge is -2.37. The molecule has 39 heavy (non-hydrogen) atoms. The van der Waals surface area contributed by atoms with Crippen molar-refractivity contribution in [2.45, 2.75) is 103 Å². The van der Waals surface area contributed by atoms with Crippen molar-refractivity contribution in [3.8, 4) is 0 Å². The fraction of sp³-hybridized carbons (Fsp3) is 0.515. The van der Waals surface area contributed by atoms with E-state index in [2.05, 4.69) is 61.5 Å². The first-order valence-corrected chi connectivity index (χ1v) is 14.7. The van der Waals surface area contributed by atoms with Crippen molar-refractivity contribution < 1.29 is 9.59 Å². The third-order valence-corrected chi connectivity index (χ3v) is 8.78. The van der Waals surface area contributed by atoms with Crippen molar-refractivity contribution in [3.63, 3.8) is 0 Å². The highest BCUT2D eigenvalue weighted by molar-refractivity contribution is 5.97. The highest BCUT2D eigenvalue weighted by atomic mass is 16.2. The van der Waals surface area contributed by atoms with Crippen LogP contribution in [-0.4, -0.2) is 22.5 Å². The van der Waals surface area contributed by atoms with Crippen LogP contribution in [0.3, 0.4) is 0 Å². The maximum Gasteiger partial charge on any atom is 0.320 e. The van der Waals surface area contributed by atoms with Gasteiger partial charge in [-0.15, -0.1) is 0 Å². The molecule has 5 N–H and O–H groups in total. The van der Waals surface area contributed by atoms with E-state index < -0.39 is 17.5 Å². The predicted octanol–water partition coefficient (Wildman–Crippen LogP) is 7.92. The minimum absolute atomic E-state index is 0.232. The second-order valence-corrected chi connectivity index (χ2v) is 12.2. The first-order valence-electron chi connectivity index (χ1n) is 14.7. The Kier molecular flexibility index (Phi) is 9.04. The number of urea groups is 1. The molecule has 0 aliphatic heterocycles. The molecule has 1 aliphatic carbocycles. The molecule has 3 aromatic rings. The molecule has 1 aliphatic rings. The number of hydrogen-bond acceptors (Lipinski definition) is 2. The smallest absolute Gasteiger partial charge is 0.320 e. The Morgan fingerprint density at radius 3 is 2.21 bits per heavy atom. The van der Waals surface area contributed by atoms with Gasteiger partial charge < -0.3 is 21.4 Å². The molecule has 3 amide bonds. The summed E-state index contributed by atoms with van der Waals surface area (Å²) < 4.78 is 0. The average Bonchev–Trinajstić information content (AvgIpc) is 3.33. The molecular formula is C33H46N4O2. The number of fused-ring (bicyclic) bond motifs is 1. The number of aromatic nitrogens is 1. The Morgan fingerprint density at radius 1 is 0.949 bits per heavy atom. The largest absolute Gasteiger partial charge is 0.368 e. The standard InChI is InChI=1S/C33H46N4O2/c1-21(2)24-15-11-16-25(22(3)4)30(24)36-32(39)37-33(5,31(34)38)28(19-18-23-12-7-6-8-13-23)27-20-35-29-17-10-9-14-26(27)29/h9-11,14-17,20-23,28,35H,6-8,12-13,18-19H2,1-5H3,(H2,34,38)(H2,36,37,39). The van der Waals surface area contributed by atoms with E-state index in [1.807, 2.05) is 30.5 Å². The van der Waals surface area contributed by atoms with Gasteiger partial charge in [-0.2, -0.15) is 0 Å². The quantitative estimate of drug-likeness (QED) is 0.214. The van der Waals surface area contributed by atoms with Crippen molar-refractivity contribution in [1.29, 1.82) is 0 Å². The second kappa shape index (κ2) is 12.3. The van der Waals surface area contributed by atoms with E-state index in [1.165, 1.54) is 32.1 Å². The van der Waals surface area contributed by atoms with Gasteiger partial charge in [0, 0.05) is 28.7 Å². The number of carbonyl (C=O) groups excluding carboxylic acids is 2. The molecular weight excluding hydrogens is 484 g/mol. The van der Waals surface area contributed by atoms with Gasteiger partial charge in [0.25, 0.3) is 0 Å². The monoisotopic (exact) mass is 530 g/mol. The van der Waals surface area contributed by atoms with E-state index in [4.69, 9.17) is 5.73 Å². The molecule has 1 heterocycles. The van der Waals surface area contributed by atoms with Crippen LogP contribution in [-0.2, 0) is 4.79 Å². The van der Waals surface area contributed by atoms with Crippen LogP contribution in [0.25, 0.3) is 10.9 Å². The van der Waals surface area contributed by atoms with E-state index >= 15 is 0 Å². The number of H-pyrrole nitrogens is 1. The molecule has 0 saturated heterocycles. The van der Waals surface area contributed by atoms with Gasteiger partial charge in [-0.05, 0) is 60.3 Å². The number of para-hydroxylation sites is 2. The fourth-order valence-electron chi connectivity index (χ4n) is 6.41. The van der Waals surface area contributed by atoms with Gasteiger partial charge in [-0.3, -0.25) is 4.79 Å². The molecule has 1 aromatic heterocycles. The Bertz CT molecular complexity index is 1260. The van der Waals surface area contributed by atoms with Crippen molar-refractivity contribution in [3.05, 3.63) is 65.4 Å². The summed E-state index contributed by atoms with van der Waals surface area (Å²) in [6, 6.07) is 13.9. The van der Waals surface area contributed by atoms with Gasteiger partial charge in [0.1, 0.15) is 5.54 Å². The van der Waals surface area contributed by atoms with Crippen LogP contribution in [0.5, 0.6) is 0 Å². The zero-order chi connectivity index (χ0) is 28.2. The molecule has 210 valence electrons. The van der Waals surface area contributed by atoms with Gasteiger partial charge in [0.15, 0.2) is 0 Å².